The SMILES string of the molecule is NC(=S)CC(=O)Nc1ccc(N2CCOCC2)cc1. The molecule has 0 spiro atoms. The minimum Gasteiger partial charge on any atom is -0.393 e. The first-order chi connectivity index (χ1) is 9.15. The van der Waals surface area contributed by atoms with Crippen LogP contribution in [0, 0.1) is 0 Å². The van der Waals surface area contributed by atoms with E-state index in [-0.39, 0.29) is 17.3 Å². The average Bonchev–Trinajstić information content (AvgIpc) is 2.39. The van der Waals surface area contributed by atoms with Gasteiger partial charge in [-0.25, -0.2) is 0 Å². The van der Waals surface area contributed by atoms with Crippen LogP contribution in [0.4, 0.5) is 11.4 Å². The maximum Gasteiger partial charge on any atom is 0.231 e. The van der Waals surface area contributed by atoms with Gasteiger partial charge in [0.2, 0.25) is 5.91 Å². The highest BCUT2D eigenvalue weighted by atomic mass is 32.1. The summed E-state index contributed by atoms with van der Waals surface area (Å²) >= 11 is 4.69. The number of nitrogens with zero attached hydrogens (tertiary/aromatic N) is 1. The minimum absolute atomic E-state index is 0.0700. The van der Waals surface area contributed by atoms with Crippen LogP contribution in [0.2, 0.25) is 0 Å². The van der Waals surface area contributed by atoms with Crippen LogP contribution in [-0.2, 0) is 9.53 Å². The number of nitrogens with one attached hydrogen (secondary N) is 1. The number of anilines is 2. The van der Waals surface area contributed by atoms with Crippen molar-refractivity contribution < 1.29 is 9.53 Å². The monoisotopic (exact) mass is 279 g/mol. The third-order valence-corrected chi connectivity index (χ3v) is 3.01. The number of hydrogen-bond donors (Lipinski definition) is 2. The number of benzene rings is 1. The van der Waals surface area contributed by atoms with Gasteiger partial charge in [0.25, 0.3) is 0 Å². The van der Waals surface area contributed by atoms with Crippen molar-refractivity contribution in [2.75, 3.05) is 36.5 Å². The zero-order valence-corrected chi connectivity index (χ0v) is 11.4. The highest BCUT2D eigenvalue weighted by Crippen LogP contribution is 2.19. The van der Waals surface area contributed by atoms with Crippen molar-refractivity contribution in [3.8, 4) is 0 Å². The number of ether oxygens (including phenoxy) is 1. The topological polar surface area (TPSA) is 67.6 Å². The van der Waals surface area contributed by atoms with Crippen LogP contribution in [0.25, 0.3) is 0 Å². The van der Waals surface area contributed by atoms with Gasteiger partial charge in [0.05, 0.1) is 24.6 Å². The number of nitrogens with two attached hydrogens (primary N) is 1. The lowest BCUT2D eigenvalue weighted by Gasteiger charge is -2.28. The second kappa shape index (κ2) is 6.49. The number of hydrogen-bond acceptors (Lipinski definition) is 4. The molecule has 1 aromatic rings. The highest BCUT2D eigenvalue weighted by Gasteiger charge is 2.11. The normalized spacial score (nSPS) is 15.1. The molecule has 1 amide bonds. The first-order valence-electron chi connectivity index (χ1n) is 6.16. The number of carbonyl (C=O) groups is 1. The summed E-state index contributed by atoms with van der Waals surface area (Å²) in [5, 5.41) is 2.75. The minimum atomic E-state index is -0.188. The fraction of sp³-hybridized carbons (Fsp3) is 0.385. The summed E-state index contributed by atoms with van der Waals surface area (Å²) in [7, 11) is 0. The average molecular weight is 279 g/mol. The molecule has 1 saturated heterocycles. The summed E-state index contributed by atoms with van der Waals surface area (Å²) in [6.45, 7) is 3.30. The quantitative estimate of drug-likeness (QED) is 0.809. The summed E-state index contributed by atoms with van der Waals surface area (Å²) in [4.78, 5) is 14.0. The van der Waals surface area contributed by atoms with Crippen LogP contribution in [-0.4, -0.2) is 37.2 Å². The molecule has 6 heteroatoms. The lowest BCUT2D eigenvalue weighted by atomic mass is 10.2. The largest absolute Gasteiger partial charge is 0.393 e. The third kappa shape index (κ3) is 4.18. The van der Waals surface area contributed by atoms with Crippen LogP contribution in [0.1, 0.15) is 6.42 Å². The number of carbonyl (C=O) groups excluding carboxylic acids is 1. The molecule has 0 bridgehead atoms. The molecule has 3 N–H and O–H groups in total. The highest BCUT2D eigenvalue weighted by molar-refractivity contribution is 7.80. The van der Waals surface area contributed by atoms with Crippen LogP contribution >= 0.6 is 12.2 Å². The molecule has 0 saturated carbocycles. The van der Waals surface area contributed by atoms with E-state index in [2.05, 4.69) is 10.2 Å². The maximum atomic E-state index is 11.5. The van der Waals surface area contributed by atoms with E-state index in [9.17, 15) is 4.79 Å². The van der Waals surface area contributed by atoms with Gasteiger partial charge in [-0.3, -0.25) is 4.79 Å². The molecule has 102 valence electrons. The summed E-state index contributed by atoms with van der Waals surface area (Å²) in [5.41, 5.74) is 7.20. The van der Waals surface area contributed by atoms with Gasteiger partial charge in [0.15, 0.2) is 0 Å². The van der Waals surface area contributed by atoms with Crippen molar-refractivity contribution >= 4 is 34.5 Å². The Morgan fingerprint density at radius 1 is 1.32 bits per heavy atom. The van der Waals surface area contributed by atoms with E-state index in [1.54, 1.807) is 0 Å². The van der Waals surface area contributed by atoms with E-state index < -0.39 is 0 Å². The summed E-state index contributed by atoms with van der Waals surface area (Å²) < 4.78 is 5.31. The van der Waals surface area contributed by atoms with E-state index in [0.717, 1.165) is 37.7 Å². The first-order valence-corrected chi connectivity index (χ1v) is 6.57. The molecule has 1 aliphatic rings. The zero-order valence-electron chi connectivity index (χ0n) is 10.6. The van der Waals surface area contributed by atoms with Crippen LogP contribution in [0.15, 0.2) is 24.3 Å². The predicted octanol–water partition coefficient (Wildman–Crippen LogP) is 1.14. The molecule has 2 rings (SSSR count). The second-order valence-corrected chi connectivity index (χ2v) is 4.86. The lowest BCUT2D eigenvalue weighted by Crippen LogP contribution is -2.36. The Morgan fingerprint density at radius 2 is 1.95 bits per heavy atom. The first kappa shape index (κ1) is 13.8. The molecular formula is C13H17N3O2S. The molecule has 1 aromatic carbocycles. The molecule has 0 aliphatic carbocycles. The molecule has 0 atom stereocenters. The third-order valence-electron chi connectivity index (χ3n) is 2.86. The van der Waals surface area contributed by atoms with Gasteiger partial charge in [0.1, 0.15) is 0 Å². The van der Waals surface area contributed by atoms with Gasteiger partial charge in [0, 0.05) is 24.5 Å². The van der Waals surface area contributed by atoms with Gasteiger partial charge in [-0.2, -0.15) is 0 Å². The summed E-state index contributed by atoms with van der Waals surface area (Å²) in [5.74, 6) is -0.188. The standard InChI is InChI=1S/C13H17N3O2S/c14-12(19)9-13(17)15-10-1-3-11(4-2-10)16-5-7-18-8-6-16/h1-4H,5-9H2,(H2,14,19)(H,15,17). The van der Waals surface area contributed by atoms with Crippen molar-refractivity contribution in [1.29, 1.82) is 0 Å². The van der Waals surface area contributed by atoms with Crippen LogP contribution in [0.3, 0.4) is 0 Å². The smallest absolute Gasteiger partial charge is 0.231 e. The Hall–Kier alpha value is -1.66. The van der Waals surface area contributed by atoms with Crippen molar-refractivity contribution in [2.45, 2.75) is 6.42 Å². The Bertz CT molecular complexity index is 455. The molecular weight excluding hydrogens is 262 g/mol. The van der Waals surface area contributed by atoms with E-state index in [0.29, 0.717) is 0 Å². The zero-order chi connectivity index (χ0) is 13.7. The number of thiocarbonyl (C=S) groups is 1. The number of morpholine rings is 1. The van der Waals surface area contributed by atoms with Gasteiger partial charge < -0.3 is 20.7 Å². The Kier molecular flexibility index (Phi) is 4.70. The lowest BCUT2D eigenvalue weighted by molar-refractivity contribution is -0.115. The molecule has 0 unspecified atom stereocenters. The van der Waals surface area contributed by atoms with E-state index in [1.807, 2.05) is 24.3 Å². The molecule has 19 heavy (non-hydrogen) atoms. The van der Waals surface area contributed by atoms with E-state index in [4.69, 9.17) is 22.7 Å². The molecule has 1 heterocycles. The molecule has 0 radical (unpaired) electrons. The second-order valence-electron chi connectivity index (χ2n) is 4.34. The fourth-order valence-electron chi connectivity index (χ4n) is 1.94. The Morgan fingerprint density at radius 3 is 2.53 bits per heavy atom. The molecule has 0 aromatic heterocycles. The maximum absolute atomic E-state index is 11.5. The predicted molar refractivity (Wildman–Crippen MR) is 79.5 cm³/mol. The Labute approximate surface area is 117 Å². The van der Waals surface area contributed by atoms with Crippen LogP contribution < -0.4 is 16.0 Å². The number of amides is 1. The Balaban J connectivity index is 1.94. The van der Waals surface area contributed by atoms with Crippen LogP contribution in [0.5, 0.6) is 0 Å². The van der Waals surface area contributed by atoms with Gasteiger partial charge in [-0.05, 0) is 24.3 Å². The van der Waals surface area contributed by atoms with E-state index in [1.165, 1.54) is 0 Å². The van der Waals surface area contributed by atoms with E-state index >= 15 is 0 Å². The molecule has 5 nitrogen and oxygen atoms in total. The molecule has 1 aliphatic heterocycles. The van der Waals surface area contributed by atoms with Crippen molar-refractivity contribution in [3.63, 3.8) is 0 Å². The van der Waals surface area contributed by atoms with Crippen molar-refractivity contribution in [1.82, 2.24) is 0 Å². The van der Waals surface area contributed by atoms with Crippen molar-refractivity contribution in [2.24, 2.45) is 5.73 Å². The van der Waals surface area contributed by atoms with Gasteiger partial charge in [-0.15, -0.1) is 0 Å². The number of rotatable bonds is 4. The molecule has 1 fully saturated rings. The summed E-state index contributed by atoms with van der Waals surface area (Å²) in [6.07, 6.45) is 0.0700. The van der Waals surface area contributed by atoms with Gasteiger partial charge >= 0.3 is 0 Å². The fourth-order valence-corrected chi connectivity index (χ4v) is 2.07. The summed E-state index contributed by atoms with van der Waals surface area (Å²) in [6, 6.07) is 7.73. The van der Waals surface area contributed by atoms with Crippen molar-refractivity contribution in [3.05, 3.63) is 24.3 Å². The van der Waals surface area contributed by atoms with Gasteiger partial charge in [-0.1, -0.05) is 12.2 Å².